The number of rotatable bonds is 5. The Hall–Kier alpha value is -2.59. The van der Waals surface area contributed by atoms with E-state index in [1.165, 1.54) is 0 Å². The lowest BCUT2D eigenvalue weighted by molar-refractivity contribution is -0.132. The van der Waals surface area contributed by atoms with Crippen LogP contribution >= 0.6 is 11.6 Å². The Kier molecular flexibility index (Phi) is 5.66. The zero-order valence-electron chi connectivity index (χ0n) is 15.8. The number of nitrogens with one attached hydrogen (secondary N) is 1. The SMILES string of the molecule is CCC(=O)N(Cc1ccccc1Cl)Cc1cc2cc(C)c(C)cc2[nH]c1=O. The molecule has 140 valence electrons. The van der Waals surface area contributed by atoms with Crippen LogP contribution < -0.4 is 5.56 Å². The third-order valence-electron chi connectivity index (χ3n) is 4.87. The maximum atomic E-state index is 12.6. The van der Waals surface area contributed by atoms with Gasteiger partial charge in [0.1, 0.15) is 0 Å². The first kappa shape index (κ1) is 19.2. The Morgan fingerprint density at radius 3 is 2.41 bits per heavy atom. The largest absolute Gasteiger partial charge is 0.334 e. The number of hydrogen-bond acceptors (Lipinski definition) is 2. The van der Waals surface area contributed by atoms with Crippen LogP contribution in [-0.4, -0.2) is 15.8 Å². The number of benzene rings is 2. The standard InChI is InChI=1S/C22H23ClN2O2/c1-4-21(26)25(12-16-7-5-6-8-19(16)23)13-18-11-17-9-14(2)15(3)10-20(17)24-22(18)27/h5-11H,4,12-13H2,1-3H3,(H,24,27). The van der Waals surface area contributed by atoms with Crippen molar-refractivity contribution in [2.75, 3.05) is 0 Å². The summed E-state index contributed by atoms with van der Waals surface area (Å²) in [5, 5.41) is 1.58. The van der Waals surface area contributed by atoms with Gasteiger partial charge in [-0.1, -0.05) is 36.7 Å². The predicted molar refractivity (Wildman–Crippen MR) is 110 cm³/mol. The number of aromatic nitrogens is 1. The van der Waals surface area contributed by atoms with E-state index >= 15 is 0 Å². The topological polar surface area (TPSA) is 53.2 Å². The summed E-state index contributed by atoms with van der Waals surface area (Å²) in [4.78, 5) is 29.7. The van der Waals surface area contributed by atoms with Crippen molar-refractivity contribution in [2.24, 2.45) is 0 Å². The number of carbonyl (C=O) groups excluding carboxylic acids is 1. The van der Waals surface area contributed by atoms with Crippen molar-refractivity contribution in [1.29, 1.82) is 0 Å². The van der Waals surface area contributed by atoms with Gasteiger partial charge in [0.05, 0.1) is 6.54 Å². The fourth-order valence-electron chi connectivity index (χ4n) is 3.13. The van der Waals surface area contributed by atoms with E-state index in [0.29, 0.717) is 23.6 Å². The van der Waals surface area contributed by atoms with E-state index in [0.717, 1.165) is 27.6 Å². The first-order valence-electron chi connectivity index (χ1n) is 9.03. The lowest BCUT2D eigenvalue weighted by Crippen LogP contribution is -2.32. The minimum Gasteiger partial charge on any atom is -0.334 e. The number of halogens is 1. The number of fused-ring (bicyclic) bond motifs is 1. The monoisotopic (exact) mass is 382 g/mol. The van der Waals surface area contributed by atoms with Gasteiger partial charge in [-0.05, 0) is 60.2 Å². The normalized spacial score (nSPS) is 11.0. The fourth-order valence-corrected chi connectivity index (χ4v) is 3.33. The number of hydrogen-bond donors (Lipinski definition) is 1. The number of H-pyrrole nitrogens is 1. The van der Waals surface area contributed by atoms with Crippen LogP contribution in [0.4, 0.5) is 0 Å². The minimum absolute atomic E-state index is 0.0190. The highest BCUT2D eigenvalue weighted by Crippen LogP contribution is 2.20. The highest BCUT2D eigenvalue weighted by molar-refractivity contribution is 6.31. The fraction of sp³-hybridized carbons (Fsp3) is 0.273. The number of amides is 1. The van der Waals surface area contributed by atoms with Crippen molar-refractivity contribution in [2.45, 2.75) is 40.3 Å². The quantitative estimate of drug-likeness (QED) is 0.693. The second-order valence-electron chi connectivity index (χ2n) is 6.84. The molecule has 3 aromatic rings. The van der Waals surface area contributed by atoms with Gasteiger partial charge in [-0.25, -0.2) is 0 Å². The number of nitrogens with zero attached hydrogens (tertiary/aromatic N) is 1. The molecule has 1 heterocycles. The molecule has 0 aliphatic rings. The summed E-state index contributed by atoms with van der Waals surface area (Å²) < 4.78 is 0. The van der Waals surface area contributed by atoms with Gasteiger partial charge in [-0.15, -0.1) is 0 Å². The highest BCUT2D eigenvalue weighted by atomic mass is 35.5. The Morgan fingerprint density at radius 2 is 1.70 bits per heavy atom. The van der Waals surface area contributed by atoms with Crippen molar-refractivity contribution in [1.82, 2.24) is 9.88 Å². The number of carbonyl (C=O) groups is 1. The average Bonchev–Trinajstić information content (AvgIpc) is 2.64. The van der Waals surface area contributed by atoms with Crippen molar-refractivity contribution in [3.8, 4) is 0 Å². The Morgan fingerprint density at radius 1 is 1.04 bits per heavy atom. The van der Waals surface area contributed by atoms with E-state index in [4.69, 9.17) is 11.6 Å². The van der Waals surface area contributed by atoms with Crippen LogP contribution in [0.2, 0.25) is 5.02 Å². The second-order valence-corrected chi connectivity index (χ2v) is 7.25. The first-order valence-corrected chi connectivity index (χ1v) is 9.41. The van der Waals surface area contributed by atoms with E-state index in [2.05, 4.69) is 11.1 Å². The lowest BCUT2D eigenvalue weighted by Gasteiger charge is -2.23. The van der Waals surface area contributed by atoms with E-state index in [-0.39, 0.29) is 18.0 Å². The lowest BCUT2D eigenvalue weighted by atomic mass is 10.0. The van der Waals surface area contributed by atoms with Crippen LogP contribution in [-0.2, 0) is 17.9 Å². The van der Waals surface area contributed by atoms with E-state index in [9.17, 15) is 9.59 Å². The summed E-state index contributed by atoms with van der Waals surface area (Å²) in [5.74, 6) is -0.0190. The van der Waals surface area contributed by atoms with Crippen LogP contribution in [0.5, 0.6) is 0 Å². The molecule has 27 heavy (non-hydrogen) atoms. The van der Waals surface area contributed by atoms with Crippen LogP contribution in [0.15, 0.2) is 47.3 Å². The smallest absolute Gasteiger partial charge is 0.253 e. The van der Waals surface area contributed by atoms with E-state index in [1.54, 1.807) is 11.0 Å². The molecule has 0 fully saturated rings. The van der Waals surface area contributed by atoms with E-state index in [1.807, 2.05) is 51.1 Å². The molecule has 0 unspecified atom stereocenters. The van der Waals surface area contributed by atoms with E-state index < -0.39 is 0 Å². The van der Waals surface area contributed by atoms with Gasteiger partial charge < -0.3 is 9.88 Å². The molecule has 0 spiro atoms. The summed E-state index contributed by atoms with van der Waals surface area (Å²) >= 11 is 6.25. The number of pyridine rings is 1. The molecule has 0 bridgehead atoms. The molecule has 5 heteroatoms. The Balaban J connectivity index is 1.97. The van der Waals surface area contributed by atoms with Crippen molar-refractivity contribution in [3.63, 3.8) is 0 Å². The molecule has 2 aromatic carbocycles. The first-order chi connectivity index (χ1) is 12.9. The number of aryl methyl sites for hydroxylation is 2. The minimum atomic E-state index is -0.168. The zero-order valence-corrected chi connectivity index (χ0v) is 16.6. The molecule has 1 aromatic heterocycles. The summed E-state index contributed by atoms with van der Waals surface area (Å²) in [7, 11) is 0. The maximum Gasteiger partial charge on any atom is 0.253 e. The maximum absolute atomic E-state index is 12.6. The van der Waals surface area contributed by atoms with Gasteiger partial charge in [0.2, 0.25) is 5.91 Å². The third kappa shape index (κ3) is 4.22. The van der Waals surface area contributed by atoms with Crippen LogP contribution in [0.1, 0.15) is 35.6 Å². The van der Waals surface area contributed by atoms with Crippen molar-refractivity contribution in [3.05, 3.63) is 80.1 Å². The Labute approximate surface area is 163 Å². The molecule has 0 aliphatic heterocycles. The predicted octanol–water partition coefficient (Wildman–Crippen LogP) is 4.74. The highest BCUT2D eigenvalue weighted by Gasteiger charge is 2.16. The van der Waals surface area contributed by atoms with Crippen molar-refractivity contribution >= 4 is 28.4 Å². The van der Waals surface area contributed by atoms with Gasteiger partial charge in [-0.2, -0.15) is 0 Å². The number of aromatic amines is 1. The molecule has 3 rings (SSSR count). The molecule has 1 N–H and O–H groups in total. The van der Waals surface area contributed by atoms with Crippen molar-refractivity contribution < 1.29 is 4.79 Å². The summed E-state index contributed by atoms with van der Waals surface area (Å²) in [6.07, 6.45) is 0.369. The van der Waals surface area contributed by atoms with Gasteiger partial charge in [0.25, 0.3) is 5.56 Å². The molecule has 0 atom stereocenters. The summed E-state index contributed by atoms with van der Waals surface area (Å²) in [5.41, 5.74) is 4.37. The average molecular weight is 383 g/mol. The molecule has 0 saturated carbocycles. The second kappa shape index (κ2) is 7.97. The van der Waals surface area contributed by atoms with Crippen LogP contribution in [0, 0.1) is 13.8 Å². The molecule has 1 amide bonds. The van der Waals surface area contributed by atoms with Crippen LogP contribution in [0.25, 0.3) is 10.9 Å². The molecule has 0 saturated heterocycles. The van der Waals surface area contributed by atoms with Gasteiger partial charge in [-0.3, -0.25) is 9.59 Å². The molecule has 0 aliphatic carbocycles. The summed E-state index contributed by atoms with van der Waals surface area (Å²) in [6, 6.07) is 13.4. The molecule has 4 nitrogen and oxygen atoms in total. The zero-order chi connectivity index (χ0) is 19.6. The Bertz CT molecular complexity index is 1060. The van der Waals surface area contributed by atoms with Gasteiger partial charge in [0, 0.05) is 29.1 Å². The summed E-state index contributed by atoms with van der Waals surface area (Å²) in [6.45, 7) is 6.50. The molecular weight excluding hydrogens is 360 g/mol. The molecular formula is C22H23ClN2O2. The van der Waals surface area contributed by atoms with Crippen LogP contribution in [0.3, 0.4) is 0 Å². The third-order valence-corrected chi connectivity index (χ3v) is 5.24. The van der Waals surface area contributed by atoms with Gasteiger partial charge in [0.15, 0.2) is 0 Å². The van der Waals surface area contributed by atoms with Gasteiger partial charge >= 0.3 is 0 Å². The molecule has 0 radical (unpaired) electrons.